The fourth-order valence-electron chi connectivity index (χ4n) is 4.16. The predicted octanol–water partition coefficient (Wildman–Crippen LogP) is 6.20. The zero-order valence-electron chi connectivity index (χ0n) is 23.4. The molecule has 4 rings (SSSR count). The highest BCUT2D eigenvalue weighted by molar-refractivity contribution is 7.14. The number of halogens is 3. The first-order valence-electron chi connectivity index (χ1n) is 13.1. The molecular weight excluding hydrogens is 559 g/mol. The van der Waals surface area contributed by atoms with Crippen molar-refractivity contribution in [3.8, 4) is 16.3 Å². The number of aromatic nitrogens is 3. The summed E-state index contributed by atoms with van der Waals surface area (Å²) in [7, 11) is 0. The second kappa shape index (κ2) is 12.0. The number of amides is 2. The minimum atomic E-state index is -4.60. The molecule has 1 saturated heterocycles. The number of carbonyl (C=O) groups excluding carboxylic acids is 2. The van der Waals surface area contributed by atoms with E-state index in [0.717, 1.165) is 10.9 Å². The van der Waals surface area contributed by atoms with Gasteiger partial charge in [0.2, 0.25) is 0 Å². The minimum Gasteiger partial charge on any atom is -0.490 e. The summed E-state index contributed by atoms with van der Waals surface area (Å²) < 4.78 is 50.2. The Hall–Kier alpha value is -3.74. The summed E-state index contributed by atoms with van der Waals surface area (Å²) in [5.74, 6) is 0.0112. The van der Waals surface area contributed by atoms with Crippen molar-refractivity contribution in [2.24, 2.45) is 0 Å². The molecule has 0 saturated carbocycles. The molecule has 0 aliphatic carbocycles. The smallest absolute Gasteiger partial charge is 0.435 e. The van der Waals surface area contributed by atoms with E-state index >= 15 is 0 Å². The highest BCUT2D eigenvalue weighted by atomic mass is 32.1. The molecule has 1 N–H and O–H groups in total. The number of alkyl halides is 3. The summed E-state index contributed by atoms with van der Waals surface area (Å²) in [6.45, 7) is 9.96. The van der Waals surface area contributed by atoms with Crippen molar-refractivity contribution in [2.75, 3.05) is 13.1 Å². The van der Waals surface area contributed by atoms with Crippen LogP contribution < -0.4 is 10.1 Å². The Morgan fingerprint density at radius 3 is 2.37 bits per heavy atom. The largest absolute Gasteiger partial charge is 0.490 e. The lowest BCUT2D eigenvalue weighted by Crippen LogP contribution is -2.44. The van der Waals surface area contributed by atoms with Crippen molar-refractivity contribution in [2.45, 2.75) is 71.4 Å². The molecule has 3 heterocycles. The summed E-state index contributed by atoms with van der Waals surface area (Å²) in [6.07, 6.45) is -2.22. The van der Waals surface area contributed by atoms with Gasteiger partial charge in [-0.25, -0.2) is 9.78 Å². The van der Waals surface area contributed by atoms with E-state index in [1.54, 1.807) is 30.2 Å². The number of hydrogen-bond donors (Lipinski definition) is 1. The monoisotopic (exact) mass is 591 g/mol. The maximum atomic E-state index is 13.2. The number of thiazole rings is 1. The molecule has 1 aliphatic heterocycles. The Labute approximate surface area is 240 Å². The summed E-state index contributed by atoms with van der Waals surface area (Å²) in [5, 5.41) is 10.4. The lowest BCUT2D eigenvalue weighted by atomic mass is 10.1. The van der Waals surface area contributed by atoms with Crippen molar-refractivity contribution in [3.05, 3.63) is 58.4 Å². The zero-order valence-corrected chi connectivity index (χ0v) is 24.2. The molecule has 2 aromatic heterocycles. The van der Waals surface area contributed by atoms with Gasteiger partial charge in [0.05, 0.1) is 11.7 Å². The first-order valence-corrected chi connectivity index (χ1v) is 13.9. The molecule has 13 heteroatoms. The van der Waals surface area contributed by atoms with Gasteiger partial charge in [0.25, 0.3) is 5.91 Å². The van der Waals surface area contributed by atoms with E-state index in [0.29, 0.717) is 47.8 Å². The van der Waals surface area contributed by atoms with E-state index in [1.165, 1.54) is 17.4 Å². The quantitative estimate of drug-likeness (QED) is 0.364. The topological polar surface area (TPSA) is 107 Å². The van der Waals surface area contributed by atoms with E-state index < -0.39 is 29.4 Å². The van der Waals surface area contributed by atoms with Crippen LogP contribution >= 0.6 is 11.3 Å². The molecule has 0 bridgehead atoms. The van der Waals surface area contributed by atoms with Crippen molar-refractivity contribution in [1.29, 1.82) is 0 Å². The molecule has 1 aromatic carbocycles. The zero-order chi connectivity index (χ0) is 29.9. The average molecular weight is 592 g/mol. The average Bonchev–Trinajstić information content (AvgIpc) is 3.34. The van der Waals surface area contributed by atoms with Gasteiger partial charge in [-0.15, -0.1) is 16.4 Å². The molecule has 41 heavy (non-hydrogen) atoms. The molecule has 2 amide bonds. The van der Waals surface area contributed by atoms with Gasteiger partial charge in [-0.1, -0.05) is 0 Å². The van der Waals surface area contributed by atoms with Gasteiger partial charge in [-0.3, -0.25) is 4.79 Å². The molecule has 0 radical (unpaired) electrons. The first kappa shape index (κ1) is 30.2. The number of carbonyl (C=O) groups is 2. The molecule has 1 aliphatic rings. The van der Waals surface area contributed by atoms with E-state index in [4.69, 9.17) is 9.47 Å². The van der Waals surface area contributed by atoms with Crippen LogP contribution in [-0.4, -0.2) is 56.9 Å². The number of likely N-dealkylation sites (tertiary alicyclic amines) is 1. The molecule has 9 nitrogen and oxygen atoms in total. The third-order valence-electron chi connectivity index (χ3n) is 6.20. The van der Waals surface area contributed by atoms with E-state index in [2.05, 4.69) is 20.5 Å². The lowest BCUT2D eigenvalue weighted by Gasteiger charge is -2.33. The number of nitrogens with one attached hydrogen (secondary N) is 1. The van der Waals surface area contributed by atoms with Crippen molar-refractivity contribution in [3.63, 3.8) is 0 Å². The highest BCUT2D eigenvalue weighted by Gasteiger charge is 2.33. The number of hydrogen-bond acceptors (Lipinski definition) is 8. The maximum Gasteiger partial charge on any atom is 0.435 e. The number of rotatable bonds is 6. The standard InChI is InChI=1S/C28H32F3N5O4S/c1-16-15-32-25(41-16)19-12-18(24(37)33-17(2)22-6-7-23(35-34-22)28(29,30)31)13-21(14-19)39-20-8-10-36(11-9-20)26(38)40-27(3,4)5/h6-7,12-15,17,20H,8-11H2,1-5H3,(H,33,37). The molecule has 1 unspecified atom stereocenters. The van der Waals surface area contributed by atoms with Crippen LogP contribution in [0, 0.1) is 6.92 Å². The third-order valence-corrected chi connectivity index (χ3v) is 7.16. The lowest BCUT2D eigenvalue weighted by molar-refractivity contribution is -0.141. The number of aryl methyl sites for hydroxylation is 1. The van der Waals surface area contributed by atoms with Crippen LogP contribution in [0.25, 0.3) is 10.6 Å². The van der Waals surface area contributed by atoms with Gasteiger partial charge in [0, 0.05) is 48.1 Å². The van der Waals surface area contributed by atoms with Crippen LogP contribution in [-0.2, 0) is 10.9 Å². The molecule has 220 valence electrons. The maximum absolute atomic E-state index is 13.2. The molecule has 3 aromatic rings. The highest BCUT2D eigenvalue weighted by Crippen LogP contribution is 2.31. The molecular formula is C28H32F3N5O4S. The summed E-state index contributed by atoms with van der Waals surface area (Å²) in [5.41, 5.74) is -0.509. The Balaban J connectivity index is 1.49. The van der Waals surface area contributed by atoms with Gasteiger partial charge in [-0.05, 0) is 65.0 Å². The van der Waals surface area contributed by atoms with E-state index in [9.17, 15) is 22.8 Å². The number of piperidine rings is 1. The van der Waals surface area contributed by atoms with Gasteiger partial charge >= 0.3 is 12.3 Å². The van der Waals surface area contributed by atoms with Gasteiger partial charge in [0.15, 0.2) is 5.69 Å². The van der Waals surface area contributed by atoms with Crippen LogP contribution in [0.5, 0.6) is 5.75 Å². The Bertz CT molecular complexity index is 1380. The SMILES string of the molecule is Cc1cnc(-c2cc(OC3CCN(C(=O)OC(C)(C)C)CC3)cc(C(=O)NC(C)c3ccc(C(F)(F)F)nn3)c2)s1. The van der Waals surface area contributed by atoms with Crippen LogP contribution in [0.4, 0.5) is 18.0 Å². The van der Waals surface area contributed by atoms with Gasteiger partial charge in [0.1, 0.15) is 22.5 Å². The van der Waals surface area contributed by atoms with E-state index in [1.807, 2.05) is 33.8 Å². The fourth-order valence-corrected chi connectivity index (χ4v) is 4.92. The Morgan fingerprint density at radius 2 is 1.80 bits per heavy atom. The van der Waals surface area contributed by atoms with Crippen molar-refractivity contribution >= 4 is 23.3 Å². The van der Waals surface area contributed by atoms with E-state index in [-0.39, 0.29) is 17.9 Å². The fraction of sp³-hybridized carbons (Fsp3) is 0.464. The van der Waals surface area contributed by atoms with Crippen molar-refractivity contribution < 1.29 is 32.2 Å². The van der Waals surface area contributed by atoms with Gasteiger partial charge < -0.3 is 19.7 Å². The Morgan fingerprint density at radius 1 is 1.10 bits per heavy atom. The first-order chi connectivity index (χ1) is 19.2. The van der Waals surface area contributed by atoms with Crippen molar-refractivity contribution in [1.82, 2.24) is 25.4 Å². The predicted molar refractivity (Wildman–Crippen MR) is 147 cm³/mol. The summed E-state index contributed by atoms with van der Waals surface area (Å²) in [4.78, 5) is 32.7. The number of benzene rings is 1. The summed E-state index contributed by atoms with van der Waals surface area (Å²) in [6, 6.07) is 6.44. The normalized spacial score (nSPS) is 15.4. The molecule has 1 fully saturated rings. The molecule has 1 atom stereocenters. The Kier molecular flexibility index (Phi) is 8.86. The summed E-state index contributed by atoms with van der Waals surface area (Å²) >= 11 is 1.47. The third kappa shape index (κ3) is 8.15. The van der Waals surface area contributed by atoms with Crippen LogP contribution in [0.2, 0.25) is 0 Å². The van der Waals surface area contributed by atoms with Gasteiger partial charge in [-0.2, -0.15) is 18.3 Å². The second-order valence-electron chi connectivity index (χ2n) is 10.8. The molecule has 0 spiro atoms. The second-order valence-corrected chi connectivity index (χ2v) is 12.1. The van der Waals surface area contributed by atoms with Crippen LogP contribution in [0.15, 0.2) is 36.5 Å². The van der Waals surface area contributed by atoms with Crippen LogP contribution in [0.1, 0.15) is 73.2 Å². The number of ether oxygens (including phenoxy) is 2. The minimum absolute atomic E-state index is 0.181. The van der Waals surface area contributed by atoms with Crippen LogP contribution in [0.3, 0.4) is 0 Å². The number of nitrogens with zero attached hydrogens (tertiary/aromatic N) is 4.